The van der Waals surface area contributed by atoms with Crippen LogP contribution in [-0.4, -0.2) is 72.9 Å². The number of aryl methyl sites for hydroxylation is 2. The van der Waals surface area contributed by atoms with Crippen molar-refractivity contribution in [2.75, 3.05) is 33.7 Å². The van der Waals surface area contributed by atoms with Crippen molar-refractivity contribution in [3.8, 4) is 0 Å². The number of amides is 1. The van der Waals surface area contributed by atoms with E-state index in [1.165, 1.54) is 31.2 Å². The third-order valence-corrected chi connectivity index (χ3v) is 7.94. The fraction of sp³-hybridized carbons (Fsp3) is 0.636. The van der Waals surface area contributed by atoms with Crippen molar-refractivity contribution in [2.45, 2.75) is 63.4 Å². The molecule has 1 aliphatic heterocycles. The van der Waals surface area contributed by atoms with Gasteiger partial charge in [0.15, 0.2) is 0 Å². The predicted octanol–water partition coefficient (Wildman–Crippen LogP) is 2.23. The smallest absolute Gasteiger partial charge is 0.242 e. The summed E-state index contributed by atoms with van der Waals surface area (Å²) in [7, 11) is -0.484. The number of likely N-dealkylation sites (tertiary alicyclic amines) is 1. The molecule has 31 heavy (non-hydrogen) atoms. The molecule has 1 atom stereocenters. The fourth-order valence-corrected chi connectivity index (χ4v) is 5.18. The van der Waals surface area contributed by atoms with E-state index in [1.54, 1.807) is 18.2 Å². The summed E-state index contributed by atoms with van der Waals surface area (Å²) in [5, 5.41) is 3.09. The van der Waals surface area contributed by atoms with Gasteiger partial charge in [-0.2, -0.15) is 0 Å². The Hall–Kier alpha value is -1.97. The minimum atomic E-state index is -3.51. The van der Waals surface area contributed by atoms with Crippen molar-refractivity contribution in [1.29, 1.82) is 0 Å². The molecule has 1 fully saturated rings. The molecule has 1 aromatic heterocycles. The molecule has 9 heteroatoms. The third kappa shape index (κ3) is 5.27. The van der Waals surface area contributed by atoms with Crippen molar-refractivity contribution in [3.05, 3.63) is 24.0 Å². The summed E-state index contributed by atoms with van der Waals surface area (Å²) in [4.78, 5) is 19.8. The van der Waals surface area contributed by atoms with Crippen molar-refractivity contribution < 1.29 is 13.2 Å². The molecule has 1 saturated heterocycles. The summed E-state index contributed by atoms with van der Waals surface area (Å²) in [6, 6.07) is 5.44. The Morgan fingerprint density at radius 1 is 1.23 bits per heavy atom. The molecule has 3 rings (SSSR count). The molecule has 0 radical (unpaired) electrons. The van der Waals surface area contributed by atoms with Crippen molar-refractivity contribution >= 4 is 27.0 Å². The molecule has 172 valence electrons. The highest BCUT2D eigenvalue weighted by Gasteiger charge is 2.22. The van der Waals surface area contributed by atoms with E-state index >= 15 is 0 Å². The summed E-state index contributed by atoms with van der Waals surface area (Å²) in [5.41, 5.74) is 1.52. The van der Waals surface area contributed by atoms with Crippen LogP contribution in [0.5, 0.6) is 0 Å². The average molecular weight is 450 g/mol. The molecule has 2 heterocycles. The zero-order valence-corrected chi connectivity index (χ0v) is 19.9. The summed E-state index contributed by atoms with van der Waals surface area (Å²) in [6.07, 6.45) is 4.40. The molecule has 0 aliphatic carbocycles. The predicted molar refractivity (Wildman–Crippen MR) is 122 cm³/mol. The second kappa shape index (κ2) is 10.1. The van der Waals surface area contributed by atoms with Gasteiger partial charge in [0.1, 0.15) is 5.82 Å². The second-order valence-corrected chi connectivity index (χ2v) is 10.5. The first kappa shape index (κ1) is 23.7. The van der Waals surface area contributed by atoms with Crippen LogP contribution in [0.2, 0.25) is 0 Å². The van der Waals surface area contributed by atoms with Gasteiger partial charge in [0.25, 0.3) is 0 Å². The maximum absolute atomic E-state index is 12.5. The van der Waals surface area contributed by atoms with Gasteiger partial charge < -0.3 is 9.88 Å². The van der Waals surface area contributed by atoms with Crippen LogP contribution in [0.4, 0.5) is 0 Å². The first-order valence-corrected chi connectivity index (χ1v) is 12.6. The minimum absolute atomic E-state index is 0.0308. The Labute approximate surface area is 185 Å². The number of rotatable bonds is 10. The van der Waals surface area contributed by atoms with Crippen LogP contribution in [0.1, 0.15) is 45.4 Å². The van der Waals surface area contributed by atoms with Gasteiger partial charge >= 0.3 is 0 Å². The van der Waals surface area contributed by atoms with Crippen LogP contribution >= 0.6 is 0 Å². The van der Waals surface area contributed by atoms with Crippen LogP contribution in [0.15, 0.2) is 23.1 Å². The number of fused-ring (bicyclic) bond motifs is 1. The van der Waals surface area contributed by atoms with Gasteiger partial charge in [-0.25, -0.2) is 17.7 Å². The summed E-state index contributed by atoms with van der Waals surface area (Å²) in [6.45, 7) is 7.84. The van der Waals surface area contributed by atoms with Gasteiger partial charge in [0, 0.05) is 46.1 Å². The van der Waals surface area contributed by atoms with Crippen molar-refractivity contribution in [1.82, 2.24) is 24.1 Å². The van der Waals surface area contributed by atoms with Gasteiger partial charge in [-0.15, -0.1) is 0 Å². The molecule has 0 bridgehead atoms. The van der Waals surface area contributed by atoms with Crippen LogP contribution in [0, 0.1) is 0 Å². The van der Waals surface area contributed by atoms with E-state index in [-0.39, 0.29) is 10.8 Å². The lowest BCUT2D eigenvalue weighted by Crippen LogP contribution is -2.42. The number of hydrogen-bond donors (Lipinski definition) is 1. The number of sulfonamides is 1. The highest BCUT2D eigenvalue weighted by Crippen LogP contribution is 2.23. The van der Waals surface area contributed by atoms with Gasteiger partial charge in [0.05, 0.1) is 15.9 Å². The monoisotopic (exact) mass is 449 g/mol. The maximum atomic E-state index is 12.5. The quantitative estimate of drug-likeness (QED) is 0.601. The number of aromatic nitrogens is 2. The van der Waals surface area contributed by atoms with E-state index in [0.29, 0.717) is 37.5 Å². The highest BCUT2D eigenvalue weighted by atomic mass is 32.2. The van der Waals surface area contributed by atoms with Gasteiger partial charge in [0.2, 0.25) is 15.9 Å². The van der Waals surface area contributed by atoms with Crippen LogP contribution < -0.4 is 5.32 Å². The van der Waals surface area contributed by atoms with Gasteiger partial charge in [-0.05, 0) is 57.5 Å². The highest BCUT2D eigenvalue weighted by molar-refractivity contribution is 7.89. The zero-order chi connectivity index (χ0) is 22.6. The second-order valence-electron chi connectivity index (χ2n) is 8.32. The Balaban J connectivity index is 1.67. The molecule has 1 unspecified atom stereocenters. The molecule has 8 nitrogen and oxygen atoms in total. The molecule has 1 amide bonds. The first-order chi connectivity index (χ1) is 14.8. The van der Waals surface area contributed by atoms with E-state index in [0.717, 1.165) is 30.9 Å². The molecule has 1 aromatic carbocycles. The SMILES string of the molecule is CCC(CNC(=O)CCc1nc2cc(S(=O)(=O)N(C)C)ccc2n1CC)N1CCCC1. The lowest BCUT2D eigenvalue weighted by atomic mass is 10.2. The normalized spacial score (nSPS) is 16.3. The Bertz CT molecular complexity index is 1010. The molecule has 0 spiro atoms. The molecule has 1 N–H and O–H groups in total. The molecule has 2 aromatic rings. The third-order valence-electron chi connectivity index (χ3n) is 6.13. The first-order valence-electron chi connectivity index (χ1n) is 11.2. The molecular formula is C22H35N5O3S. The van der Waals surface area contributed by atoms with Crippen LogP contribution in [-0.2, 0) is 27.8 Å². The van der Waals surface area contributed by atoms with E-state index in [9.17, 15) is 13.2 Å². The Morgan fingerprint density at radius 3 is 2.55 bits per heavy atom. The van der Waals surface area contributed by atoms with Gasteiger partial charge in [-0.3, -0.25) is 9.69 Å². The minimum Gasteiger partial charge on any atom is -0.355 e. The van der Waals surface area contributed by atoms with Crippen LogP contribution in [0.3, 0.4) is 0 Å². The van der Waals surface area contributed by atoms with Crippen LogP contribution in [0.25, 0.3) is 11.0 Å². The number of benzene rings is 1. The number of imidazole rings is 1. The zero-order valence-electron chi connectivity index (χ0n) is 19.1. The topological polar surface area (TPSA) is 87.5 Å². The van der Waals surface area contributed by atoms with Crippen molar-refractivity contribution in [2.24, 2.45) is 0 Å². The number of nitrogens with zero attached hydrogens (tertiary/aromatic N) is 4. The molecule has 1 aliphatic rings. The number of hydrogen-bond acceptors (Lipinski definition) is 5. The van der Waals surface area contributed by atoms with E-state index in [4.69, 9.17) is 0 Å². The molecular weight excluding hydrogens is 414 g/mol. The lowest BCUT2D eigenvalue weighted by Gasteiger charge is -2.26. The van der Waals surface area contributed by atoms with Gasteiger partial charge in [-0.1, -0.05) is 6.92 Å². The van der Waals surface area contributed by atoms with E-state index in [1.807, 2.05) is 11.5 Å². The largest absolute Gasteiger partial charge is 0.355 e. The molecule has 0 saturated carbocycles. The number of carbonyl (C=O) groups is 1. The maximum Gasteiger partial charge on any atom is 0.242 e. The Kier molecular flexibility index (Phi) is 7.72. The van der Waals surface area contributed by atoms with E-state index in [2.05, 4.69) is 22.1 Å². The summed E-state index contributed by atoms with van der Waals surface area (Å²) >= 11 is 0. The number of carbonyl (C=O) groups excluding carboxylic acids is 1. The summed E-state index contributed by atoms with van der Waals surface area (Å²) < 4.78 is 28.1. The Morgan fingerprint density at radius 2 is 1.94 bits per heavy atom. The average Bonchev–Trinajstić information content (AvgIpc) is 3.39. The van der Waals surface area contributed by atoms with E-state index < -0.39 is 10.0 Å². The number of nitrogens with one attached hydrogen (secondary N) is 1. The summed E-state index contributed by atoms with van der Waals surface area (Å²) in [5.74, 6) is 0.835. The standard InChI is InChI=1S/C22H35N5O3S/c1-5-17(26-13-7-8-14-26)16-23-22(28)12-11-21-24-19-15-18(31(29,30)25(3)4)9-10-20(19)27(21)6-2/h9-10,15,17H,5-8,11-14,16H2,1-4H3,(H,23,28). The lowest BCUT2D eigenvalue weighted by molar-refractivity contribution is -0.121. The fourth-order valence-electron chi connectivity index (χ4n) is 4.26. The van der Waals surface area contributed by atoms with Crippen molar-refractivity contribution in [3.63, 3.8) is 0 Å².